The maximum atomic E-state index is 13.5. The largest absolute Gasteiger partial charge is 0.480 e. The van der Waals surface area contributed by atoms with Crippen molar-refractivity contribution in [2.75, 3.05) is 0 Å². The predicted octanol–water partition coefficient (Wildman–Crippen LogP) is 2.05. The van der Waals surface area contributed by atoms with Crippen LogP contribution in [-0.2, 0) is 11.0 Å². The zero-order valence-electron chi connectivity index (χ0n) is 9.58. The molecule has 104 valence electrons. The van der Waals surface area contributed by atoms with Crippen molar-refractivity contribution in [1.82, 2.24) is 5.32 Å². The first-order chi connectivity index (χ1) is 8.64. The second kappa shape index (κ2) is 5.25. The summed E-state index contributed by atoms with van der Waals surface area (Å²) < 4.78 is 50.8. The van der Waals surface area contributed by atoms with Gasteiger partial charge in [-0.3, -0.25) is 9.59 Å². The molecule has 0 aliphatic heterocycles. The van der Waals surface area contributed by atoms with Crippen molar-refractivity contribution in [3.05, 3.63) is 35.1 Å². The number of carboxylic acids is 1. The van der Waals surface area contributed by atoms with E-state index in [4.69, 9.17) is 5.11 Å². The molecule has 0 aliphatic carbocycles. The predicted molar refractivity (Wildman–Crippen MR) is 56.0 cm³/mol. The first-order valence-corrected chi connectivity index (χ1v) is 5.04. The van der Waals surface area contributed by atoms with Gasteiger partial charge in [0.05, 0.1) is 11.1 Å². The number of aliphatic carboxylic acids is 1. The molecule has 0 spiro atoms. The third-order valence-electron chi connectivity index (χ3n) is 2.27. The summed E-state index contributed by atoms with van der Waals surface area (Å²) >= 11 is 0. The van der Waals surface area contributed by atoms with Crippen LogP contribution in [0.2, 0.25) is 0 Å². The molecule has 0 bridgehead atoms. The van der Waals surface area contributed by atoms with Gasteiger partial charge in [-0.15, -0.1) is 0 Å². The molecule has 1 aromatic rings. The van der Waals surface area contributed by atoms with E-state index in [0.29, 0.717) is 6.07 Å². The Morgan fingerprint density at radius 1 is 1.32 bits per heavy atom. The molecule has 8 heteroatoms. The number of rotatable bonds is 3. The lowest BCUT2D eigenvalue weighted by Crippen LogP contribution is -2.38. The highest BCUT2D eigenvalue weighted by atomic mass is 19.4. The van der Waals surface area contributed by atoms with Crippen molar-refractivity contribution in [1.29, 1.82) is 0 Å². The summed E-state index contributed by atoms with van der Waals surface area (Å²) in [6, 6.07) is 0.856. The second-order valence-corrected chi connectivity index (χ2v) is 3.70. The normalized spacial score (nSPS) is 12.9. The molecule has 0 aromatic heterocycles. The van der Waals surface area contributed by atoms with Crippen LogP contribution in [0.4, 0.5) is 17.6 Å². The summed E-state index contributed by atoms with van der Waals surface area (Å²) in [6.45, 7) is 1.10. The summed E-state index contributed by atoms with van der Waals surface area (Å²) in [4.78, 5) is 22.0. The molecule has 19 heavy (non-hydrogen) atoms. The van der Waals surface area contributed by atoms with Crippen LogP contribution >= 0.6 is 0 Å². The van der Waals surface area contributed by atoms with Gasteiger partial charge >= 0.3 is 12.1 Å². The SMILES string of the molecule is CC(NC(=O)c1cccc(C(F)(F)F)c1F)C(=O)O. The number of nitrogens with one attached hydrogen (secondary N) is 1. The van der Waals surface area contributed by atoms with Gasteiger partial charge in [0.2, 0.25) is 0 Å². The lowest BCUT2D eigenvalue weighted by Gasteiger charge is -2.13. The Labute approximate surface area is 105 Å². The minimum absolute atomic E-state index is 0.493. The molecule has 0 fully saturated rings. The highest BCUT2D eigenvalue weighted by molar-refractivity contribution is 5.96. The quantitative estimate of drug-likeness (QED) is 0.832. The van der Waals surface area contributed by atoms with Crippen LogP contribution in [0, 0.1) is 5.82 Å². The summed E-state index contributed by atoms with van der Waals surface area (Å²) in [5.74, 6) is -4.34. The van der Waals surface area contributed by atoms with E-state index in [0.717, 1.165) is 19.1 Å². The number of benzene rings is 1. The van der Waals surface area contributed by atoms with Crippen LogP contribution in [0.25, 0.3) is 0 Å². The van der Waals surface area contributed by atoms with Gasteiger partial charge in [-0.05, 0) is 19.1 Å². The monoisotopic (exact) mass is 279 g/mol. The van der Waals surface area contributed by atoms with Gasteiger partial charge in [-0.25, -0.2) is 4.39 Å². The molecule has 0 saturated carbocycles. The molecule has 1 unspecified atom stereocenters. The number of halogens is 4. The maximum absolute atomic E-state index is 13.5. The fraction of sp³-hybridized carbons (Fsp3) is 0.273. The number of alkyl halides is 3. The van der Waals surface area contributed by atoms with Crippen LogP contribution in [0.3, 0.4) is 0 Å². The smallest absolute Gasteiger partial charge is 0.419 e. The Balaban J connectivity index is 3.09. The summed E-state index contributed by atoms with van der Waals surface area (Å²) in [5.41, 5.74) is -2.44. The third-order valence-corrected chi connectivity index (χ3v) is 2.27. The van der Waals surface area contributed by atoms with Gasteiger partial charge < -0.3 is 10.4 Å². The molecular weight excluding hydrogens is 270 g/mol. The molecule has 4 nitrogen and oxygen atoms in total. The molecule has 1 rings (SSSR count). The third kappa shape index (κ3) is 3.43. The van der Waals surface area contributed by atoms with E-state index < -0.39 is 41.0 Å². The Morgan fingerprint density at radius 2 is 1.89 bits per heavy atom. The van der Waals surface area contributed by atoms with Crippen molar-refractivity contribution < 1.29 is 32.3 Å². The molecule has 1 atom stereocenters. The van der Waals surface area contributed by atoms with E-state index in [2.05, 4.69) is 0 Å². The Bertz CT molecular complexity index is 513. The van der Waals surface area contributed by atoms with Crippen molar-refractivity contribution in [2.45, 2.75) is 19.1 Å². The number of carboxylic acid groups (broad SMARTS) is 1. The molecule has 1 aromatic carbocycles. The van der Waals surface area contributed by atoms with Crippen molar-refractivity contribution in [3.8, 4) is 0 Å². The molecular formula is C11H9F4NO3. The molecule has 0 aliphatic rings. The summed E-state index contributed by atoms with van der Waals surface area (Å²) in [5, 5.41) is 10.4. The highest BCUT2D eigenvalue weighted by Crippen LogP contribution is 2.32. The average Bonchev–Trinajstić information content (AvgIpc) is 2.27. The summed E-state index contributed by atoms with van der Waals surface area (Å²) in [6.07, 6.45) is -4.93. The number of carbonyl (C=O) groups is 2. The Hall–Kier alpha value is -2.12. The van der Waals surface area contributed by atoms with Gasteiger partial charge in [0.1, 0.15) is 11.9 Å². The first kappa shape index (κ1) is 14.9. The standard InChI is InChI=1S/C11H9F4NO3/c1-5(10(18)19)16-9(17)6-3-2-4-7(8(6)12)11(13,14)15/h2-5H,1H3,(H,16,17)(H,18,19). The zero-order valence-corrected chi connectivity index (χ0v) is 9.58. The van der Waals surface area contributed by atoms with Crippen LogP contribution in [0.15, 0.2) is 18.2 Å². The van der Waals surface area contributed by atoms with Crippen molar-refractivity contribution in [2.24, 2.45) is 0 Å². The number of hydrogen-bond donors (Lipinski definition) is 2. The van der Waals surface area contributed by atoms with Gasteiger partial charge in [0.15, 0.2) is 0 Å². The Morgan fingerprint density at radius 3 is 2.37 bits per heavy atom. The zero-order chi connectivity index (χ0) is 14.8. The fourth-order valence-electron chi connectivity index (χ4n) is 1.26. The van der Waals surface area contributed by atoms with Gasteiger partial charge in [0.25, 0.3) is 5.91 Å². The molecule has 0 radical (unpaired) electrons. The van der Waals surface area contributed by atoms with E-state index >= 15 is 0 Å². The van der Waals surface area contributed by atoms with E-state index in [1.54, 1.807) is 0 Å². The number of amides is 1. The minimum atomic E-state index is -4.93. The lowest BCUT2D eigenvalue weighted by atomic mass is 10.1. The van der Waals surface area contributed by atoms with Gasteiger partial charge in [0, 0.05) is 0 Å². The van der Waals surface area contributed by atoms with Gasteiger partial charge in [-0.2, -0.15) is 13.2 Å². The van der Waals surface area contributed by atoms with Crippen molar-refractivity contribution in [3.63, 3.8) is 0 Å². The molecule has 0 heterocycles. The van der Waals surface area contributed by atoms with E-state index in [1.807, 2.05) is 5.32 Å². The first-order valence-electron chi connectivity index (χ1n) is 5.04. The number of carbonyl (C=O) groups excluding carboxylic acids is 1. The molecule has 0 saturated heterocycles. The molecule has 1 amide bonds. The van der Waals surface area contributed by atoms with Crippen LogP contribution < -0.4 is 5.32 Å². The van der Waals surface area contributed by atoms with E-state index in [-0.39, 0.29) is 0 Å². The Kier molecular flexibility index (Phi) is 4.13. The van der Waals surface area contributed by atoms with Crippen LogP contribution in [0.1, 0.15) is 22.8 Å². The second-order valence-electron chi connectivity index (χ2n) is 3.70. The van der Waals surface area contributed by atoms with Crippen LogP contribution in [-0.4, -0.2) is 23.0 Å². The average molecular weight is 279 g/mol. The van der Waals surface area contributed by atoms with E-state index in [9.17, 15) is 27.2 Å². The van der Waals surface area contributed by atoms with Gasteiger partial charge in [-0.1, -0.05) is 6.07 Å². The topological polar surface area (TPSA) is 66.4 Å². The lowest BCUT2D eigenvalue weighted by molar-refractivity contribution is -0.140. The molecule has 2 N–H and O–H groups in total. The van der Waals surface area contributed by atoms with Crippen LogP contribution in [0.5, 0.6) is 0 Å². The number of hydrogen-bond acceptors (Lipinski definition) is 2. The van der Waals surface area contributed by atoms with Crippen molar-refractivity contribution >= 4 is 11.9 Å². The summed E-state index contributed by atoms with van der Waals surface area (Å²) in [7, 11) is 0. The highest BCUT2D eigenvalue weighted by Gasteiger charge is 2.35. The maximum Gasteiger partial charge on any atom is 0.419 e. The fourth-order valence-corrected chi connectivity index (χ4v) is 1.26. The van der Waals surface area contributed by atoms with E-state index in [1.165, 1.54) is 0 Å². The minimum Gasteiger partial charge on any atom is -0.480 e.